The topological polar surface area (TPSA) is 185 Å². The third-order valence-corrected chi connectivity index (χ3v) is 7.17. The number of pyridine rings is 1. The SMILES string of the molecule is CC(C)c1cc(-c2ccccc2)cc(C(C)C)[n+]1CC(=O)Nc1ccc(S(N)(=O)=O)cc1I.[O-][Cl+3]([O-])([O-])[O-]. The molecule has 2 aromatic carbocycles. The first-order chi connectivity index (χ1) is 17.5. The van der Waals surface area contributed by atoms with Crippen LogP contribution in [0.25, 0.3) is 11.1 Å². The highest BCUT2D eigenvalue weighted by Crippen LogP contribution is 2.26. The van der Waals surface area contributed by atoms with Crippen molar-refractivity contribution in [1.82, 2.24) is 0 Å². The summed E-state index contributed by atoms with van der Waals surface area (Å²) in [6, 6.07) is 19.0. The Bertz CT molecular complexity index is 1340. The van der Waals surface area contributed by atoms with E-state index < -0.39 is 20.3 Å². The Morgan fingerprint density at radius 1 is 0.921 bits per heavy atom. The number of rotatable bonds is 7. The van der Waals surface area contributed by atoms with E-state index in [1.807, 2.05) is 40.8 Å². The molecule has 38 heavy (non-hydrogen) atoms. The molecule has 3 N–H and O–H groups in total. The largest absolute Gasteiger partial charge is 0.320 e. The average molecular weight is 678 g/mol. The summed E-state index contributed by atoms with van der Waals surface area (Å²) in [5.74, 6) is 0.249. The molecule has 0 saturated heterocycles. The first-order valence-electron chi connectivity index (χ1n) is 11.3. The average Bonchev–Trinajstić information content (AvgIpc) is 2.79. The van der Waals surface area contributed by atoms with Gasteiger partial charge in [0.1, 0.15) is 0 Å². The van der Waals surface area contributed by atoms with Gasteiger partial charge in [-0.3, -0.25) is 4.79 Å². The summed E-state index contributed by atoms with van der Waals surface area (Å²) in [6.45, 7) is 8.65. The Morgan fingerprint density at radius 3 is 1.84 bits per heavy atom. The summed E-state index contributed by atoms with van der Waals surface area (Å²) in [6.07, 6.45) is 0. The maximum absolute atomic E-state index is 13.0. The van der Waals surface area contributed by atoms with Gasteiger partial charge in [-0.25, -0.2) is 32.2 Å². The summed E-state index contributed by atoms with van der Waals surface area (Å²) in [4.78, 5) is 13.1. The van der Waals surface area contributed by atoms with E-state index in [4.69, 9.17) is 23.8 Å². The Kier molecular flexibility index (Phi) is 11.2. The van der Waals surface area contributed by atoms with Crippen molar-refractivity contribution in [2.75, 3.05) is 5.32 Å². The number of hydrogen-bond acceptors (Lipinski definition) is 7. The molecule has 0 spiro atoms. The molecule has 3 rings (SSSR count). The molecule has 0 aliphatic carbocycles. The second-order valence-corrected chi connectivity index (χ2v) is 12.4. The second-order valence-electron chi connectivity index (χ2n) is 8.97. The monoisotopic (exact) mass is 677 g/mol. The molecule has 1 heterocycles. The van der Waals surface area contributed by atoms with Crippen molar-refractivity contribution in [2.24, 2.45) is 5.14 Å². The fourth-order valence-electron chi connectivity index (χ4n) is 3.71. The second kappa shape index (κ2) is 13.3. The number of hydrogen-bond donors (Lipinski definition) is 2. The van der Waals surface area contributed by atoms with Crippen LogP contribution in [0.5, 0.6) is 0 Å². The number of sulfonamides is 1. The first kappa shape index (κ1) is 32.0. The minimum atomic E-state index is -4.94. The fraction of sp³-hybridized carbons (Fsp3) is 0.280. The summed E-state index contributed by atoms with van der Waals surface area (Å²) in [5.41, 5.74) is 4.98. The summed E-state index contributed by atoms with van der Waals surface area (Å²) < 4.78 is 59.8. The van der Waals surface area contributed by atoms with Gasteiger partial charge in [0.25, 0.3) is 5.91 Å². The number of nitrogens with two attached hydrogens (primary N) is 1. The standard InChI is InChI=1S/C25H28IN3O3S.ClHO4/c1-16(2)23-12-19(18-8-6-5-7-9-18)13-24(17(3)4)29(23)15-25(30)28-22-11-10-20(14-21(22)26)33(27,31)32;2-1(3,4)5/h5-14,16-17H,15H2,1-4H3,(H2-,27,28,30,31,32);(H,2,3,4,5). The molecule has 0 unspecified atom stereocenters. The number of carbonyl (C=O) groups excluding carboxylic acids is 1. The lowest BCUT2D eigenvalue weighted by atomic mass is 9.97. The summed E-state index contributed by atoms with van der Waals surface area (Å²) in [5, 5.41) is 8.11. The maximum atomic E-state index is 13.0. The molecule has 0 aliphatic heterocycles. The van der Waals surface area contributed by atoms with Crippen molar-refractivity contribution >= 4 is 44.2 Å². The van der Waals surface area contributed by atoms with Gasteiger partial charge in [0, 0.05) is 27.5 Å². The van der Waals surface area contributed by atoms with Crippen LogP contribution in [0, 0.1) is 13.8 Å². The number of benzene rings is 2. The normalized spacial score (nSPS) is 11.8. The van der Waals surface area contributed by atoms with Gasteiger partial charge in [0.15, 0.2) is 11.4 Å². The zero-order valence-electron chi connectivity index (χ0n) is 21.2. The van der Waals surface area contributed by atoms with Crippen LogP contribution in [0.3, 0.4) is 0 Å². The minimum Gasteiger partial charge on any atom is -0.320 e. The van der Waals surface area contributed by atoms with Crippen LogP contribution in [-0.2, 0) is 21.4 Å². The molecule has 0 radical (unpaired) electrons. The molecule has 10 nitrogen and oxygen atoms in total. The van der Waals surface area contributed by atoms with Crippen LogP contribution >= 0.6 is 22.6 Å². The smallest absolute Gasteiger partial charge is 0.290 e. The molecule has 0 fully saturated rings. The summed E-state index contributed by atoms with van der Waals surface area (Å²) in [7, 11) is -8.74. The Balaban J connectivity index is 0.000000926. The van der Waals surface area contributed by atoms with E-state index in [0.29, 0.717) is 9.26 Å². The highest BCUT2D eigenvalue weighted by Gasteiger charge is 2.26. The van der Waals surface area contributed by atoms with Gasteiger partial charge >= 0.3 is 0 Å². The lowest BCUT2D eigenvalue weighted by Gasteiger charge is -2.17. The Morgan fingerprint density at radius 2 is 1.42 bits per heavy atom. The zero-order chi connectivity index (χ0) is 28.8. The molecule has 0 aliphatic rings. The van der Waals surface area contributed by atoms with Crippen molar-refractivity contribution in [3.8, 4) is 11.1 Å². The van der Waals surface area contributed by atoms with Crippen LogP contribution in [0.2, 0.25) is 0 Å². The number of carbonyl (C=O) groups is 1. The van der Waals surface area contributed by atoms with Gasteiger partial charge in [-0.1, -0.05) is 58.0 Å². The molecule has 13 heteroatoms. The van der Waals surface area contributed by atoms with Crippen LogP contribution in [0.15, 0.2) is 65.6 Å². The number of halogens is 2. The van der Waals surface area contributed by atoms with Crippen molar-refractivity contribution < 1.29 is 46.7 Å². The quantitative estimate of drug-likeness (QED) is 0.261. The molecule has 206 valence electrons. The van der Waals surface area contributed by atoms with E-state index >= 15 is 0 Å². The van der Waals surface area contributed by atoms with E-state index in [2.05, 4.69) is 61.8 Å². The van der Waals surface area contributed by atoms with Gasteiger partial charge in [-0.05, 0) is 51.9 Å². The molecular formula is C25H29ClIN3O7S. The third kappa shape index (κ3) is 9.85. The predicted octanol–water partition coefficient (Wildman–Crippen LogP) is 0.0226. The molecule has 0 atom stereocenters. The summed E-state index contributed by atoms with van der Waals surface area (Å²) >= 11 is 1.99. The highest BCUT2D eigenvalue weighted by molar-refractivity contribution is 14.1. The zero-order valence-corrected chi connectivity index (χ0v) is 24.9. The van der Waals surface area contributed by atoms with Gasteiger partial charge in [-0.2, -0.15) is 4.57 Å². The van der Waals surface area contributed by atoms with Crippen molar-refractivity contribution in [3.63, 3.8) is 0 Å². The molecule has 0 bridgehead atoms. The lowest BCUT2D eigenvalue weighted by molar-refractivity contribution is -2.00. The van der Waals surface area contributed by atoms with Gasteiger partial charge in [-0.15, -0.1) is 10.2 Å². The van der Waals surface area contributed by atoms with Gasteiger partial charge in [0.2, 0.25) is 16.6 Å². The number of anilines is 1. The Hall–Kier alpha value is -2.17. The highest BCUT2D eigenvalue weighted by atomic mass is 127. The van der Waals surface area contributed by atoms with Crippen LogP contribution < -0.4 is 33.7 Å². The van der Waals surface area contributed by atoms with Crippen molar-refractivity contribution in [3.05, 3.63) is 75.6 Å². The van der Waals surface area contributed by atoms with Crippen LogP contribution in [0.4, 0.5) is 5.69 Å². The van der Waals surface area contributed by atoms with Crippen LogP contribution in [-0.4, -0.2) is 14.3 Å². The third-order valence-electron chi connectivity index (χ3n) is 5.37. The molecule has 0 saturated carbocycles. The van der Waals surface area contributed by atoms with E-state index in [0.717, 1.165) is 22.5 Å². The number of nitrogens with zero attached hydrogens (tertiary/aromatic N) is 1. The number of amides is 1. The molecule has 1 aromatic heterocycles. The molecule has 3 aromatic rings. The van der Waals surface area contributed by atoms with E-state index in [1.54, 1.807) is 6.07 Å². The predicted molar refractivity (Wildman–Crippen MR) is 139 cm³/mol. The fourth-order valence-corrected chi connectivity index (χ4v) is 5.11. The number of nitrogens with one attached hydrogen (secondary N) is 1. The van der Waals surface area contributed by atoms with Crippen LogP contribution in [0.1, 0.15) is 50.9 Å². The first-order valence-corrected chi connectivity index (χ1v) is 15.2. The number of aromatic nitrogens is 1. The van der Waals surface area contributed by atoms with E-state index in [9.17, 15) is 13.2 Å². The van der Waals surface area contributed by atoms with Crippen molar-refractivity contribution in [1.29, 1.82) is 0 Å². The van der Waals surface area contributed by atoms with Gasteiger partial charge < -0.3 is 5.32 Å². The maximum Gasteiger partial charge on any atom is 0.290 e. The van der Waals surface area contributed by atoms with E-state index in [-0.39, 0.29) is 29.2 Å². The molecule has 1 amide bonds. The minimum absolute atomic E-state index is 0.0139. The lowest BCUT2D eigenvalue weighted by Crippen LogP contribution is -2.68. The van der Waals surface area contributed by atoms with Crippen molar-refractivity contribution in [2.45, 2.75) is 51.0 Å². The molecular weight excluding hydrogens is 649 g/mol. The Labute approximate surface area is 238 Å². The number of primary sulfonamides is 1. The van der Waals surface area contributed by atoms with E-state index in [1.165, 1.54) is 12.1 Å². The van der Waals surface area contributed by atoms with Gasteiger partial charge in [0.05, 0.1) is 10.6 Å².